The second-order valence-corrected chi connectivity index (χ2v) is 4.90. The zero-order valence-corrected chi connectivity index (χ0v) is 10.8. The van der Waals surface area contributed by atoms with Gasteiger partial charge in [-0.15, -0.1) is 0 Å². The Balaban J connectivity index is 2.77. The summed E-state index contributed by atoms with van der Waals surface area (Å²) in [5.41, 5.74) is 0.932. The predicted octanol–water partition coefficient (Wildman–Crippen LogP) is 3.49. The van der Waals surface area contributed by atoms with Crippen molar-refractivity contribution in [1.82, 2.24) is 0 Å². The molecule has 0 aliphatic rings. The van der Waals surface area contributed by atoms with E-state index in [1.807, 2.05) is 6.92 Å². The molecule has 1 N–H and O–H groups in total. The smallest absolute Gasteiger partial charge is 0.306 e. The minimum absolute atomic E-state index is 0.0132. The SMILES string of the molecule is CC(Cc1ccc(F)cc1Br)C(C)C(=O)O. The van der Waals surface area contributed by atoms with Crippen molar-refractivity contribution < 1.29 is 14.3 Å². The first-order chi connectivity index (χ1) is 7.41. The normalized spacial score (nSPS) is 14.5. The highest BCUT2D eigenvalue weighted by molar-refractivity contribution is 9.10. The van der Waals surface area contributed by atoms with Crippen LogP contribution in [0.5, 0.6) is 0 Å². The lowest BCUT2D eigenvalue weighted by atomic mass is 9.90. The van der Waals surface area contributed by atoms with Gasteiger partial charge in [-0.3, -0.25) is 4.79 Å². The molecule has 0 fully saturated rings. The van der Waals surface area contributed by atoms with E-state index in [4.69, 9.17) is 5.11 Å². The third-order valence-corrected chi connectivity index (χ3v) is 3.54. The van der Waals surface area contributed by atoms with Crippen LogP contribution in [0.2, 0.25) is 0 Å². The predicted molar refractivity (Wildman–Crippen MR) is 63.8 cm³/mol. The molecule has 0 radical (unpaired) electrons. The molecule has 0 aliphatic carbocycles. The lowest BCUT2D eigenvalue weighted by Crippen LogP contribution is -2.20. The maximum atomic E-state index is 12.8. The van der Waals surface area contributed by atoms with Crippen molar-refractivity contribution >= 4 is 21.9 Å². The number of rotatable bonds is 4. The summed E-state index contributed by atoms with van der Waals surface area (Å²) in [6, 6.07) is 4.47. The average Bonchev–Trinajstić information content (AvgIpc) is 2.20. The minimum atomic E-state index is -0.800. The highest BCUT2D eigenvalue weighted by atomic mass is 79.9. The summed E-state index contributed by atoms with van der Waals surface area (Å²) < 4.78 is 13.5. The zero-order chi connectivity index (χ0) is 12.3. The summed E-state index contributed by atoms with van der Waals surface area (Å²) in [5, 5.41) is 8.87. The summed E-state index contributed by atoms with van der Waals surface area (Å²) in [6.45, 7) is 3.57. The molecule has 0 amide bonds. The minimum Gasteiger partial charge on any atom is -0.481 e. The van der Waals surface area contributed by atoms with Crippen LogP contribution in [0.1, 0.15) is 19.4 Å². The molecule has 1 aromatic carbocycles. The average molecular weight is 289 g/mol. The molecule has 16 heavy (non-hydrogen) atoms. The molecule has 1 aromatic rings. The summed E-state index contributed by atoms with van der Waals surface area (Å²) in [4.78, 5) is 10.8. The van der Waals surface area contributed by atoms with Crippen LogP contribution in [0.4, 0.5) is 4.39 Å². The topological polar surface area (TPSA) is 37.3 Å². The fourth-order valence-electron chi connectivity index (χ4n) is 1.45. The number of halogens is 2. The van der Waals surface area contributed by atoms with Crippen molar-refractivity contribution in [2.24, 2.45) is 11.8 Å². The van der Waals surface area contributed by atoms with E-state index >= 15 is 0 Å². The molecular weight excluding hydrogens is 275 g/mol. The molecule has 0 aromatic heterocycles. The Morgan fingerprint density at radius 3 is 2.62 bits per heavy atom. The largest absolute Gasteiger partial charge is 0.481 e. The highest BCUT2D eigenvalue weighted by Gasteiger charge is 2.20. The van der Waals surface area contributed by atoms with Gasteiger partial charge in [0.25, 0.3) is 0 Å². The first kappa shape index (κ1) is 13.2. The van der Waals surface area contributed by atoms with E-state index in [1.165, 1.54) is 12.1 Å². The van der Waals surface area contributed by atoms with Gasteiger partial charge in [0.2, 0.25) is 0 Å². The molecule has 1 rings (SSSR count). The Kier molecular flexibility index (Phi) is 4.47. The van der Waals surface area contributed by atoms with Crippen molar-refractivity contribution in [3.63, 3.8) is 0 Å². The van der Waals surface area contributed by atoms with Gasteiger partial charge >= 0.3 is 5.97 Å². The highest BCUT2D eigenvalue weighted by Crippen LogP contribution is 2.24. The maximum Gasteiger partial charge on any atom is 0.306 e. The summed E-state index contributed by atoms with van der Waals surface area (Å²) >= 11 is 3.27. The summed E-state index contributed by atoms with van der Waals surface area (Å²) in [5.74, 6) is -1.49. The maximum absolute atomic E-state index is 12.8. The quantitative estimate of drug-likeness (QED) is 0.921. The molecule has 0 saturated heterocycles. The van der Waals surface area contributed by atoms with Gasteiger partial charge in [-0.05, 0) is 30.0 Å². The second kappa shape index (κ2) is 5.43. The van der Waals surface area contributed by atoms with Gasteiger partial charge in [0.1, 0.15) is 5.82 Å². The summed E-state index contributed by atoms with van der Waals surface area (Å²) in [6.07, 6.45) is 0.619. The second-order valence-electron chi connectivity index (χ2n) is 4.04. The Morgan fingerprint density at radius 2 is 2.12 bits per heavy atom. The van der Waals surface area contributed by atoms with Gasteiger partial charge in [0.15, 0.2) is 0 Å². The molecular formula is C12H14BrFO2. The third kappa shape index (κ3) is 3.30. The molecule has 0 aliphatic heterocycles. The molecule has 4 heteroatoms. The Labute approximate surface area is 103 Å². The number of hydrogen-bond acceptors (Lipinski definition) is 1. The van der Waals surface area contributed by atoms with E-state index in [0.29, 0.717) is 10.9 Å². The van der Waals surface area contributed by atoms with Crippen LogP contribution in [0.25, 0.3) is 0 Å². The number of aliphatic carboxylic acids is 1. The zero-order valence-electron chi connectivity index (χ0n) is 9.21. The molecule has 2 atom stereocenters. The van der Waals surface area contributed by atoms with Gasteiger partial charge in [-0.2, -0.15) is 0 Å². The van der Waals surface area contributed by atoms with E-state index in [9.17, 15) is 9.18 Å². The van der Waals surface area contributed by atoms with Crippen LogP contribution >= 0.6 is 15.9 Å². The van der Waals surface area contributed by atoms with Gasteiger partial charge < -0.3 is 5.11 Å². The lowest BCUT2D eigenvalue weighted by Gasteiger charge is -2.16. The Bertz CT molecular complexity index is 393. The fourth-order valence-corrected chi connectivity index (χ4v) is 1.97. The van der Waals surface area contributed by atoms with Crippen molar-refractivity contribution in [1.29, 1.82) is 0 Å². The Morgan fingerprint density at radius 1 is 1.50 bits per heavy atom. The first-order valence-corrected chi connectivity index (χ1v) is 5.88. The van der Waals surface area contributed by atoms with Crippen molar-refractivity contribution in [2.45, 2.75) is 20.3 Å². The molecule has 0 heterocycles. The summed E-state index contributed by atoms with van der Waals surface area (Å²) in [7, 11) is 0. The first-order valence-electron chi connectivity index (χ1n) is 5.08. The van der Waals surface area contributed by atoms with Gasteiger partial charge in [-0.1, -0.05) is 35.8 Å². The number of benzene rings is 1. The monoisotopic (exact) mass is 288 g/mol. The van der Waals surface area contributed by atoms with Crippen LogP contribution in [-0.4, -0.2) is 11.1 Å². The Hall–Kier alpha value is -0.900. The molecule has 0 saturated carbocycles. The van der Waals surface area contributed by atoms with E-state index in [-0.39, 0.29) is 11.7 Å². The van der Waals surface area contributed by atoms with Crippen LogP contribution < -0.4 is 0 Å². The third-order valence-electron chi connectivity index (χ3n) is 2.80. The van der Waals surface area contributed by atoms with E-state index in [0.717, 1.165) is 5.56 Å². The fraction of sp³-hybridized carbons (Fsp3) is 0.417. The lowest BCUT2D eigenvalue weighted by molar-refractivity contribution is -0.142. The van der Waals surface area contributed by atoms with Crippen LogP contribution in [0, 0.1) is 17.7 Å². The molecule has 2 nitrogen and oxygen atoms in total. The van der Waals surface area contributed by atoms with Crippen molar-refractivity contribution in [3.05, 3.63) is 34.1 Å². The molecule has 88 valence electrons. The standard InChI is InChI=1S/C12H14BrFO2/c1-7(8(2)12(15)16)5-9-3-4-10(14)6-11(9)13/h3-4,6-8H,5H2,1-2H3,(H,15,16). The molecule has 0 spiro atoms. The van der Waals surface area contributed by atoms with Gasteiger partial charge in [0.05, 0.1) is 5.92 Å². The van der Waals surface area contributed by atoms with Crippen LogP contribution in [-0.2, 0) is 11.2 Å². The molecule has 0 bridgehead atoms. The van der Waals surface area contributed by atoms with E-state index in [1.54, 1.807) is 13.0 Å². The van der Waals surface area contributed by atoms with Crippen molar-refractivity contribution in [3.8, 4) is 0 Å². The number of carboxylic acid groups (broad SMARTS) is 1. The number of hydrogen-bond donors (Lipinski definition) is 1. The number of carboxylic acids is 1. The van der Waals surface area contributed by atoms with Crippen LogP contribution in [0.15, 0.2) is 22.7 Å². The molecule has 2 unspecified atom stereocenters. The van der Waals surface area contributed by atoms with Crippen molar-refractivity contribution in [2.75, 3.05) is 0 Å². The van der Waals surface area contributed by atoms with Gasteiger partial charge in [-0.25, -0.2) is 4.39 Å². The number of carbonyl (C=O) groups is 1. The van der Waals surface area contributed by atoms with E-state index < -0.39 is 11.9 Å². The van der Waals surface area contributed by atoms with Gasteiger partial charge in [0, 0.05) is 4.47 Å². The van der Waals surface area contributed by atoms with Crippen LogP contribution in [0.3, 0.4) is 0 Å². The van der Waals surface area contributed by atoms with E-state index in [2.05, 4.69) is 15.9 Å².